The fraction of sp³-hybridized carbons (Fsp3) is 0.353. The molecule has 0 spiro atoms. The molecule has 1 aromatic carbocycles. The molecule has 22 heavy (non-hydrogen) atoms. The van der Waals surface area contributed by atoms with Crippen molar-refractivity contribution in [2.45, 2.75) is 18.9 Å². The van der Waals surface area contributed by atoms with Gasteiger partial charge in [0.25, 0.3) is 0 Å². The lowest BCUT2D eigenvalue weighted by Crippen LogP contribution is -2.39. The van der Waals surface area contributed by atoms with E-state index in [-0.39, 0.29) is 5.97 Å². The minimum absolute atomic E-state index is 0.254. The van der Waals surface area contributed by atoms with Crippen LogP contribution in [0.1, 0.15) is 24.4 Å². The number of halogens is 1. The average molecular weight is 336 g/mol. The predicted molar refractivity (Wildman–Crippen MR) is 90.8 cm³/mol. The molecule has 0 N–H and O–H groups in total. The van der Waals surface area contributed by atoms with Crippen LogP contribution in [0.3, 0.4) is 0 Å². The zero-order valence-corrected chi connectivity index (χ0v) is 14.0. The van der Waals surface area contributed by atoms with Crippen LogP contribution in [0.2, 0.25) is 5.02 Å². The average Bonchev–Trinajstić information content (AvgIpc) is 2.56. The van der Waals surface area contributed by atoms with Crippen LogP contribution >= 0.6 is 23.4 Å². The molecule has 0 unspecified atom stereocenters. The molecule has 0 amide bonds. The van der Waals surface area contributed by atoms with E-state index in [2.05, 4.69) is 16.4 Å². The molecule has 3 nitrogen and oxygen atoms in total. The van der Waals surface area contributed by atoms with Gasteiger partial charge in [-0.05, 0) is 40.4 Å². The Morgan fingerprint density at radius 2 is 2.23 bits per heavy atom. The molecule has 0 aromatic heterocycles. The molecule has 2 aliphatic heterocycles. The third-order valence-corrected chi connectivity index (χ3v) is 5.52. The number of carbonyl (C=O) groups is 1. The first kappa shape index (κ1) is 15.7. The van der Waals surface area contributed by atoms with Gasteiger partial charge in [0.05, 0.1) is 7.11 Å². The van der Waals surface area contributed by atoms with E-state index >= 15 is 0 Å². The summed E-state index contributed by atoms with van der Waals surface area (Å²) < 4.78 is 5.04. The van der Waals surface area contributed by atoms with Gasteiger partial charge < -0.3 is 4.74 Å². The molecular formula is C17H18ClNO2S. The van der Waals surface area contributed by atoms with Crippen molar-refractivity contribution >= 4 is 29.3 Å². The predicted octanol–water partition coefficient (Wildman–Crippen LogP) is 4.16. The Kier molecular flexibility index (Phi) is 4.91. The van der Waals surface area contributed by atoms with E-state index in [0.29, 0.717) is 5.02 Å². The van der Waals surface area contributed by atoms with E-state index in [4.69, 9.17) is 16.3 Å². The van der Waals surface area contributed by atoms with Gasteiger partial charge in [-0.2, -0.15) is 0 Å². The standard InChI is InChI=1S/C17H18ClNO2S/c1-21-17(20)16(13-6-2-3-7-14(13)18)19-9-8-15-12(11-19)5-4-10-22-15/h2-4,6-7,10,16H,5,8-9,11H2,1H3/t16-/m0/s1. The van der Waals surface area contributed by atoms with Crippen molar-refractivity contribution in [2.24, 2.45) is 0 Å². The third kappa shape index (κ3) is 3.09. The highest BCUT2D eigenvalue weighted by molar-refractivity contribution is 8.05. The summed E-state index contributed by atoms with van der Waals surface area (Å²) in [7, 11) is 1.43. The fourth-order valence-electron chi connectivity index (χ4n) is 2.98. The van der Waals surface area contributed by atoms with Crippen molar-refractivity contribution in [1.82, 2.24) is 4.90 Å². The van der Waals surface area contributed by atoms with Gasteiger partial charge >= 0.3 is 5.97 Å². The van der Waals surface area contributed by atoms with Crippen molar-refractivity contribution in [1.29, 1.82) is 0 Å². The number of thioether (sulfide) groups is 1. The molecule has 0 radical (unpaired) electrons. The number of carbonyl (C=O) groups excluding carboxylic acids is 1. The number of benzene rings is 1. The Morgan fingerprint density at radius 1 is 1.41 bits per heavy atom. The lowest BCUT2D eigenvalue weighted by molar-refractivity contribution is -0.147. The molecule has 0 aliphatic carbocycles. The number of hydrogen-bond donors (Lipinski definition) is 0. The van der Waals surface area contributed by atoms with E-state index < -0.39 is 6.04 Å². The quantitative estimate of drug-likeness (QED) is 0.776. The van der Waals surface area contributed by atoms with E-state index in [0.717, 1.165) is 31.5 Å². The molecule has 3 rings (SSSR count). The Morgan fingerprint density at radius 3 is 3.00 bits per heavy atom. The molecule has 5 heteroatoms. The molecule has 1 aromatic rings. The maximum absolute atomic E-state index is 12.4. The maximum Gasteiger partial charge on any atom is 0.327 e. The molecule has 0 saturated heterocycles. The minimum atomic E-state index is -0.441. The Hall–Kier alpha value is -1.23. The summed E-state index contributed by atoms with van der Waals surface area (Å²) in [5.41, 5.74) is 2.22. The second-order valence-corrected chi connectivity index (χ2v) is 6.80. The molecule has 2 aliphatic rings. The van der Waals surface area contributed by atoms with E-state index in [1.807, 2.05) is 24.3 Å². The Balaban J connectivity index is 1.90. The number of ether oxygens (including phenoxy) is 1. The van der Waals surface area contributed by atoms with Crippen molar-refractivity contribution in [3.63, 3.8) is 0 Å². The van der Waals surface area contributed by atoms with Crippen LogP contribution in [0.25, 0.3) is 0 Å². The van der Waals surface area contributed by atoms with Crippen LogP contribution in [0, 0.1) is 0 Å². The van der Waals surface area contributed by atoms with Crippen molar-refractivity contribution < 1.29 is 9.53 Å². The highest BCUT2D eigenvalue weighted by Gasteiger charge is 2.33. The number of allylic oxidation sites excluding steroid dienone is 1. The molecule has 0 fully saturated rings. The summed E-state index contributed by atoms with van der Waals surface area (Å²) in [5, 5.41) is 2.76. The van der Waals surface area contributed by atoms with Gasteiger partial charge in [0.15, 0.2) is 0 Å². The minimum Gasteiger partial charge on any atom is -0.468 e. The highest BCUT2D eigenvalue weighted by atomic mass is 35.5. The monoisotopic (exact) mass is 335 g/mol. The van der Waals surface area contributed by atoms with Crippen LogP contribution in [0.5, 0.6) is 0 Å². The summed E-state index contributed by atoms with van der Waals surface area (Å²) in [6.07, 6.45) is 4.12. The summed E-state index contributed by atoms with van der Waals surface area (Å²) in [6.45, 7) is 1.63. The van der Waals surface area contributed by atoms with Crippen LogP contribution in [0.4, 0.5) is 0 Å². The van der Waals surface area contributed by atoms with Gasteiger partial charge in [-0.25, -0.2) is 4.79 Å². The van der Waals surface area contributed by atoms with Crippen LogP contribution < -0.4 is 0 Å². The molecular weight excluding hydrogens is 318 g/mol. The Bertz CT molecular complexity index is 641. The van der Waals surface area contributed by atoms with E-state index in [1.54, 1.807) is 11.8 Å². The zero-order chi connectivity index (χ0) is 15.5. The lowest BCUT2D eigenvalue weighted by Gasteiger charge is -2.36. The van der Waals surface area contributed by atoms with Gasteiger partial charge in [-0.1, -0.05) is 35.9 Å². The van der Waals surface area contributed by atoms with Gasteiger partial charge in [-0.3, -0.25) is 4.90 Å². The maximum atomic E-state index is 12.4. The number of nitrogens with zero attached hydrogens (tertiary/aromatic N) is 1. The van der Waals surface area contributed by atoms with Crippen molar-refractivity contribution in [3.05, 3.63) is 56.8 Å². The molecule has 2 heterocycles. The van der Waals surface area contributed by atoms with Gasteiger partial charge in [0.1, 0.15) is 6.04 Å². The number of rotatable bonds is 3. The normalized spacial score (nSPS) is 19.7. The van der Waals surface area contributed by atoms with Gasteiger partial charge in [-0.15, -0.1) is 11.8 Å². The second kappa shape index (κ2) is 6.90. The zero-order valence-electron chi connectivity index (χ0n) is 12.4. The highest BCUT2D eigenvalue weighted by Crippen LogP contribution is 2.38. The molecule has 1 atom stereocenters. The summed E-state index contributed by atoms with van der Waals surface area (Å²) in [4.78, 5) is 16.0. The SMILES string of the molecule is COC(=O)[C@H](c1ccccc1Cl)N1CCC2=C(CC=CS2)C1. The Labute approximate surface area is 140 Å². The van der Waals surface area contributed by atoms with Crippen LogP contribution in [0.15, 0.2) is 46.2 Å². The third-order valence-electron chi connectivity index (χ3n) is 4.07. The largest absolute Gasteiger partial charge is 0.468 e. The summed E-state index contributed by atoms with van der Waals surface area (Å²) in [6, 6.07) is 7.07. The smallest absolute Gasteiger partial charge is 0.327 e. The molecule has 0 saturated carbocycles. The fourth-order valence-corrected chi connectivity index (χ4v) is 4.10. The number of hydrogen-bond acceptors (Lipinski definition) is 4. The lowest BCUT2D eigenvalue weighted by atomic mass is 9.99. The summed E-state index contributed by atoms with van der Waals surface area (Å²) in [5.74, 6) is -0.254. The van der Waals surface area contributed by atoms with E-state index in [1.165, 1.54) is 17.6 Å². The first-order valence-corrected chi connectivity index (χ1v) is 8.55. The summed E-state index contributed by atoms with van der Waals surface area (Å²) >= 11 is 8.12. The first-order chi connectivity index (χ1) is 10.7. The number of esters is 1. The van der Waals surface area contributed by atoms with Crippen LogP contribution in [-0.4, -0.2) is 31.1 Å². The topological polar surface area (TPSA) is 29.5 Å². The van der Waals surface area contributed by atoms with E-state index in [9.17, 15) is 4.79 Å². The van der Waals surface area contributed by atoms with Crippen molar-refractivity contribution in [3.8, 4) is 0 Å². The molecule has 0 bridgehead atoms. The first-order valence-electron chi connectivity index (χ1n) is 7.29. The van der Waals surface area contributed by atoms with Crippen LogP contribution in [-0.2, 0) is 9.53 Å². The van der Waals surface area contributed by atoms with Crippen molar-refractivity contribution in [2.75, 3.05) is 20.2 Å². The van der Waals surface area contributed by atoms with Gasteiger partial charge in [0.2, 0.25) is 0 Å². The molecule has 116 valence electrons. The second-order valence-electron chi connectivity index (χ2n) is 5.39. The van der Waals surface area contributed by atoms with Gasteiger partial charge in [0, 0.05) is 18.1 Å². The number of methoxy groups -OCH3 is 1.